The predicted molar refractivity (Wildman–Crippen MR) is 88.6 cm³/mol. The zero-order valence-corrected chi connectivity index (χ0v) is 14.5. The molecule has 1 N–H and O–H groups in total. The van der Waals surface area contributed by atoms with Crippen molar-refractivity contribution in [1.82, 2.24) is 10.2 Å². The zero-order chi connectivity index (χ0) is 15.8. The Labute approximate surface area is 133 Å². The van der Waals surface area contributed by atoms with E-state index in [0.717, 1.165) is 25.1 Å². The van der Waals surface area contributed by atoms with Crippen molar-refractivity contribution in [3.63, 3.8) is 0 Å². The highest BCUT2D eigenvalue weighted by Gasteiger charge is 2.12. The Bertz CT molecular complexity index is 437. The Kier molecular flexibility index (Phi) is 7.86. The smallest absolute Gasteiger partial charge is 0.179 e. The van der Waals surface area contributed by atoms with Crippen molar-refractivity contribution < 1.29 is 9.47 Å². The van der Waals surface area contributed by atoms with Crippen molar-refractivity contribution in [3.05, 3.63) is 22.7 Å². The monoisotopic (exact) mass is 314 g/mol. The predicted octanol–water partition coefficient (Wildman–Crippen LogP) is 3.18. The molecule has 0 aromatic heterocycles. The second kappa shape index (κ2) is 9.13. The van der Waals surface area contributed by atoms with Crippen molar-refractivity contribution in [2.24, 2.45) is 0 Å². The molecule has 21 heavy (non-hydrogen) atoms. The number of halogens is 1. The van der Waals surface area contributed by atoms with Crippen LogP contribution in [0.4, 0.5) is 0 Å². The van der Waals surface area contributed by atoms with E-state index in [9.17, 15) is 0 Å². The summed E-state index contributed by atoms with van der Waals surface area (Å²) in [7, 11) is 5.73. The normalized spacial score (nSPS) is 11.2. The SMILES string of the molecule is COc1cc(CNC(C)C)cc(Cl)c1OCCCN(C)C. The number of nitrogens with zero attached hydrogens (tertiary/aromatic N) is 1. The second-order valence-electron chi connectivity index (χ2n) is 5.65. The highest BCUT2D eigenvalue weighted by molar-refractivity contribution is 6.32. The van der Waals surface area contributed by atoms with E-state index in [1.807, 2.05) is 26.2 Å². The topological polar surface area (TPSA) is 33.7 Å². The van der Waals surface area contributed by atoms with Gasteiger partial charge in [0.15, 0.2) is 11.5 Å². The van der Waals surface area contributed by atoms with Gasteiger partial charge in [0.05, 0.1) is 18.7 Å². The molecule has 0 unspecified atom stereocenters. The van der Waals surface area contributed by atoms with Crippen molar-refractivity contribution in [3.8, 4) is 11.5 Å². The van der Waals surface area contributed by atoms with E-state index >= 15 is 0 Å². The Hall–Kier alpha value is -0.970. The van der Waals surface area contributed by atoms with Gasteiger partial charge in [-0.2, -0.15) is 0 Å². The van der Waals surface area contributed by atoms with E-state index in [1.165, 1.54) is 0 Å². The first-order valence-corrected chi connectivity index (χ1v) is 7.69. The molecule has 0 aliphatic rings. The summed E-state index contributed by atoms with van der Waals surface area (Å²) in [4.78, 5) is 2.13. The zero-order valence-electron chi connectivity index (χ0n) is 13.7. The van der Waals surface area contributed by atoms with Gasteiger partial charge in [-0.3, -0.25) is 0 Å². The van der Waals surface area contributed by atoms with E-state index < -0.39 is 0 Å². The first-order chi connectivity index (χ1) is 9.93. The molecule has 1 aromatic carbocycles. The van der Waals surface area contributed by atoms with Gasteiger partial charge in [-0.25, -0.2) is 0 Å². The third kappa shape index (κ3) is 6.55. The second-order valence-corrected chi connectivity index (χ2v) is 6.06. The molecule has 5 heteroatoms. The number of rotatable bonds is 9. The number of ether oxygens (including phenoxy) is 2. The minimum atomic E-state index is 0.428. The lowest BCUT2D eigenvalue weighted by molar-refractivity contribution is 0.268. The number of methoxy groups -OCH3 is 1. The Balaban J connectivity index is 2.70. The lowest BCUT2D eigenvalue weighted by Crippen LogP contribution is -2.21. The van der Waals surface area contributed by atoms with Gasteiger partial charge in [0, 0.05) is 19.1 Å². The lowest BCUT2D eigenvalue weighted by Gasteiger charge is -2.16. The molecular weight excluding hydrogens is 288 g/mol. The van der Waals surface area contributed by atoms with Crippen LogP contribution in [0.3, 0.4) is 0 Å². The summed E-state index contributed by atoms with van der Waals surface area (Å²) in [5, 5.41) is 3.96. The van der Waals surface area contributed by atoms with Crippen LogP contribution in [0.25, 0.3) is 0 Å². The van der Waals surface area contributed by atoms with Crippen LogP contribution in [-0.4, -0.2) is 45.3 Å². The largest absolute Gasteiger partial charge is 0.493 e. The van der Waals surface area contributed by atoms with Crippen molar-refractivity contribution >= 4 is 11.6 Å². The van der Waals surface area contributed by atoms with Gasteiger partial charge in [-0.15, -0.1) is 0 Å². The highest BCUT2D eigenvalue weighted by atomic mass is 35.5. The molecule has 0 amide bonds. The molecule has 120 valence electrons. The maximum atomic E-state index is 6.33. The first kappa shape index (κ1) is 18.1. The quantitative estimate of drug-likeness (QED) is 0.710. The molecule has 0 radical (unpaired) electrons. The molecule has 0 atom stereocenters. The van der Waals surface area contributed by atoms with Crippen LogP contribution in [0, 0.1) is 0 Å². The van der Waals surface area contributed by atoms with E-state index in [0.29, 0.717) is 29.2 Å². The molecule has 0 saturated carbocycles. The summed E-state index contributed by atoms with van der Waals surface area (Å²) in [6.45, 7) is 6.59. The maximum absolute atomic E-state index is 6.33. The fraction of sp³-hybridized carbons (Fsp3) is 0.625. The molecule has 0 saturated heterocycles. The average molecular weight is 315 g/mol. The summed E-state index contributed by atoms with van der Waals surface area (Å²) in [6, 6.07) is 4.33. The summed E-state index contributed by atoms with van der Waals surface area (Å²) < 4.78 is 11.2. The summed E-state index contributed by atoms with van der Waals surface area (Å²) >= 11 is 6.33. The molecule has 0 aliphatic heterocycles. The van der Waals surface area contributed by atoms with Crippen LogP contribution in [0.1, 0.15) is 25.8 Å². The van der Waals surface area contributed by atoms with E-state index in [1.54, 1.807) is 7.11 Å². The molecule has 1 aromatic rings. The third-order valence-electron chi connectivity index (χ3n) is 3.00. The molecule has 0 aliphatic carbocycles. The van der Waals surface area contributed by atoms with Crippen LogP contribution in [-0.2, 0) is 6.54 Å². The molecular formula is C16H27ClN2O2. The van der Waals surface area contributed by atoms with Crippen LogP contribution in [0.2, 0.25) is 5.02 Å². The number of benzene rings is 1. The number of hydrogen-bond acceptors (Lipinski definition) is 4. The first-order valence-electron chi connectivity index (χ1n) is 7.31. The summed E-state index contributed by atoms with van der Waals surface area (Å²) in [5.74, 6) is 1.32. The lowest BCUT2D eigenvalue weighted by atomic mass is 10.2. The van der Waals surface area contributed by atoms with Crippen LogP contribution in [0.15, 0.2) is 12.1 Å². The van der Waals surface area contributed by atoms with Gasteiger partial charge >= 0.3 is 0 Å². The number of hydrogen-bond donors (Lipinski definition) is 1. The van der Waals surface area contributed by atoms with E-state index in [-0.39, 0.29) is 0 Å². The molecule has 4 nitrogen and oxygen atoms in total. The van der Waals surface area contributed by atoms with Gasteiger partial charge in [0.25, 0.3) is 0 Å². The minimum absolute atomic E-state index is 0.428. The average Bonchev–Trinajstić information content (AvgIpc) is 2.42. The highest BCUT2D eigenvalue weighted by Crippen LogP contribution is 2.36. The molecule has 0 bridgehead atoms. The molecule has 0 spiro atoms. The van der Waals surface area contributed by atoms with Gasteiger partial charge in [0.2, 0.25) is 0 Å². The van der Waals surface area contributed by atoms with Crippen molar-refractivity contribution in [2.75, 3.05) is 34.4 Å². The van der Waals surface area contributed by atoms with Gasteiger partial charge in [-0.1, -0.05) is 25.4 Å². The maximum Gasteiger partial charge on any atom is 0.179 e. The Morgan fingerprint density at radius 1 is 1.29 bits per heavy atom. The Morgan fingerprint density at radius 2 is 2.00 bits per heavy atom. The van der Waals surface area contributed by atoms with Crippen LogP contribution in [0.5, 0.6) is 11.5 Å². The number of nitrogens with one attached hydrogen (secondary N) is 1. The third-order valence-corrected chi connectivity index (χ3v) is 3.28. The van der Waals surface area contributed by atoms with E-state index in [2.05, 4.69) is 24.1 Å². The van der Waals surface area contributed by atoms with Crippen molar-refractivity contribution in [1.29, 1.82) is 0 Å². The minimum Gasteiger partial charge on any atom is -0.493 e. The molecule has 1 rings (SSSR count). The van der Waals surface area contributed by atoms with Gasteiger partial charge < -0.3 is 19.7 Å². The van der Waals surface area contributed by atoms with Crippen molar-refractivity contribution in [2.45, 2.75) is 32.9 Å². The van der Waals surface area contributed by atoms with Gasteiger partial charge in [-0.05, 0) is 38.2 Å². The van der Waals surface area contributed by atoms with E-state index in [4.69, 9.17) is 21.1 Å². The van der Waals surface area contributed by atoms with Crippen LogP contribution < -0.4 is 14.8 Å². The van der Waals surface area contributed by atoms with Crippen LogP contribution >= 0.6 is 11.6 Å². The fourth-order valence-corrected chi connectivity index (χ4v) is 2.18. The molecule has 0 fully saturated rings. The fourth-order valence-electron chi connectivity index (χ4n) is 1.89. The standard InChI is InChI=1S/C16H27ClN2O2/c1-12(2)18-11-13-9-14(17)16(15(10-13)20-5)21-8-6-7-19(3)4/h9-10,12,18H,6-8,11H2,1-5H3. The summed E-state index contributed by atoms with van der Waals surface area (Å²) in [6.07, 6.45) is 0.948. The summed E-state index contributed by atoms with van der Waals surface area (Å²) in [5.41, 5.74) is 1.09. The Morgan fingerprint density at radius 3 is 2.57 bits per heavy atom. The van der Waals surface area contributed by atoms with Gasteiger partial charge in [0.1, 0.15) is 0 Å². The molecule has 0 heterocycles.